The van der Waals surface area contributed by atoms with E-state index in [1.54, 1.807) is 6.20 Å². The molecular weight excluding hydrogens is 256 g/mol. The lowest BCUT2D eigenvalue weighted by atomic mass is 10.1. The average Bonchev–Trinajstić information content (AvgIpc) is 3.07. The highest BCUT2D eigenvalue weighted by Gasteiger charge is 2.09. The van der Waals surface area contributed by atoms with Crippen LogP contribution in [0.5, 0.6) is 0 Å². The summed E-state index contributed by atoms with van der Waals surface area (Å²) >= 11 is 0. The molecule has 7 heteroatoms. The maximum atomic E-state index is 4.96. The van der Waals surface area contributed by atoms with E-state index in [2.05, 4.69) is 45.5 Å². The van der Waals surface area contributed by atoms with Gasteiger partial charge in [0.25, 0.3) is 0 Å². The number of rotatable bonds is 5. The van der Waals surface area contributed by atoms with Crippen LogP contribution in [0, 0.1) is 0 Å². The monoisotopic (exact) mass is 272 g/mol. The molecule has 0 unspecified atom stereocenters. The third-order valence-corrected chi connectivity index (χ3v) is 3.04. The van der Waals surface area contributed by atoms with E-state index in [1.165, 1.54) is 6.33 Å². The number of aromatic nitrogens is 5. The van der Waals surface area contributed by atoms with Crippen molar-refractivity contribution in [2.75, 3.05) is 11.9 Å². The number of hydrogen-bond acceptors (Lipinski definition) is 6. The van der Waals surface area contributed by atoms with Crippen LogP contribution in [-0.4, -0.2) is 31.3 Å². The Bertz CT molecular complexity index is 688. The number of fused-ring (bicyclic) bond motifs is 1. The van der Waals surface area contributed by atoms with E-state index in [-0.39, 0.29) is 0 Å². The fraction of sp³-hybridized carbons (Fsp3) is 0.385. The summed E-state index contributed by atoms with van der Waals surface area (Å²) in [5.74, 6) is 1.81. The van der Waals surface area contributed by atoms with Crippen molar-refractivity contribution in [3.05, 3.63) is 36.4 Å². The predicted molar refractivity (Wildman–Crippen MR) is 73.6 cm³/mol. The lowest BCUT2D eigenvalue weighted by Crippen LogP contribution is -2.07. The molecule has 0 saturated heterocycles. The summed E-state index contributed by atoms with van der Waals surface area (Å²) in [7, 11) is 0. The van der Waals surface area contributed by atoms with Gasteiger partial charge in [0.05, 0.1) is 5.69 Å². The molecule has 0 aliphatic rings. The van der Waals surface area contributed by atoms with Crippen LogP contribution in [0.3, 0.4) is 0 Å². The summed E-state index contributed by atoms with van der Waals surface area (Å²) in [5.41, 5.74) is 2.03. The molecule has 3 aromatic heterocycles. The lowest BCUT2D eigenvalue weighted by Gasteiger charge is -2.04. The first-order chi connectivity index (χ1) is 9.74. The molecule has 7 nitrogen and oxygen atoms in total. The van der Waals surface area contributed by atoms with Gasteiger partial charge in [-0.25, -0.2) is 9.50 Å². The molecule has 1 N–H and O–H groups in total. The second-order valence-corrected chi connectivity index (χ2v) is 4.84. The van der Waals surface area contributed by atoms with E-state index < -0.39 is 0 Å². The van der Waals surface area contributed by atoms with E-state index in [0.29, 0.717) is 24.8 Å². The van der Waals surface area contributed by atoms with Crippen molar-refractivity contribution in [3.8, 4) is 0 Å². The van der Waals surface area contributed by atoms with E-state index >= 15 is 0 Å². The van der Waals surface area contributed by atoms with Gasteiger partial charge in [0, 0.05) is 25.4 Å². The molecule has 3 heterocycles. The van der Waals surface area contributed by atoms with Crippen molar-refractivity contribution in [1.82, 2.24) is 24.7 Å². The lowest BCUT2D eigenvalue weighted by molar-refractivity contribution is 0.379. The van der Waals surface area contributed by atoms with Gasteiger partial charge in [-0.05, 0) is 12.0 Å². The smallest absolute Gasteiger partial charge is 0.228 e. The van der Waals surface area contributed by atoms with Gasteiger partial charge in [0.1, 0.15) is 5.52 Å². The van der Waals surface area contributed by atoms with Crippen LogP contribution in [0.25, 0.3) is 5.52 Å². The molecule has 0 aromatic carbocycles. The highest BCUT2D eigenvalue weighted by Crippen LogP contribution is 2.19. The Labute approximate surface area is 116 Å². The zero-order chi connectivity index (χ0) is 13.9. The Morgan fingerprint density at radius 1 is 1.35 bits per heavy atom. The first kappa shape index (κ1) is 12.6. The first-order valence-electron chi connectivity index (χ1n) is 6.58. The third kappa shape index (κ3) is 2.47. The molecule has 3 aromatic rings. The molecule has 20 heavy (non-hydrogen) atoms. The molecule has 0 radical (unpaired) electrons. The summed E-state index contributed by atoms with van der Waals surface area (Å²) < 4.78 is 6.80. The SMILES string of the molecule is CC(C)c1cc2c(NCCc3ncno3)nccn2n1. The van der Waals surface area contributed by atoms with Gasteiger partial charge in [-0.2, -0.15) is 10.1 Å². The van der Waals surface area contributed by atoms with Crippen LogP contribution in [0.4, 0.5) is 5.82 Å². The molecule has 0 spiro atoms. The zero-order valence-corrected chi connectivity index (χ0v) is 11.4. The first-order valence-corrected chi connectivity index (χ1v) is 6.58. The largest absolute Gasteiger partial charge is 0.368 e. The van der Waals surface area contributed by atoms with Crippen molar-refractivity contribution in [2.24, 2.45) is 0 Å². The maximum Gasteiger partial charge on any atom is 0.228 e. The van der Waals surface area contributed by atoms with E-state index in [0.717, 1.165) is 17.0 Å². The molecule has 0 saturated carbocycles. The van der Waals surface area contributed by atoms with Crippen molar-refractivity contribution in [3.63, 3.8) is 0 Å². The summed E-state index contributed by atoms with van der Waals surface area (Å²) in [6.45, 7) is 4.92. The Balaban J connectivity index is 1.77. The number of nitrogens with one attached hydrogen (secondary N) is 1. The van der Waals surface area contributed by atoms with E-state index in [4.69, 9.17) is 4.52 Å². The number of hydrogen-bond donors (Lipinski definition) is 1. The molecule has 104 valence electrons. The number of nitrogens with zero attached hydrogens (tertiary/aromatic N) is 5. The average molecular weight is 272 g/mol. The van der Waals surface area contributed by atoms with Gasteiger partial charge >= 0.3 is 0 Å². The van der Waals surface area contributed by atoms with E-state index in [1.807, 2.05) is 10.7 Å². The van der Waals surface area contributed by atoms with Crippen LogP contribution in [0.2, 0.25) is 0 Å². The molecule has 0 bridgehead atoms. The summed E-state index contributed by atoms with van der Waals surface area (Å²) in [6.07, 6.45) is 5.65. The van der Waals surface area contributed by atoms with Crippen molar-refractivity contribution < 1.29 is 4.52 Å². The molecule has 0 amide bonds. The Hall–Kier alpha value is -2.44. The van der Waals surface area contributed by atoms with Gasteiger partial charge in [0.2, 0.25) is 5.89 Å². The Kier molecular flexibility index (Phi) is 3.32. The van der Waals surface area contributed by atoms with Crippen molar-refractivity contribution >= 4 is 11.3 Å². The van der Waals surface area contributed by atoms with Crippen LogP contribution in [0.1, 0.15) is 31.4 Å². The standard InChI is InChI=1S/C13H16N6O/c1-9(2)10-7-11-13(15-5-6-19(11)18-10)14-4-3-12-16-8-17-20-12/h5-9H,3-4H2,1-2H3,(H,14,15). The predicted octanol–water partition coefficient (Wildman–Crippen LogP) is 1.89. The van der Waals surface area contributed by atoms with E-state index in [9.17, 15) is 0 Å². The Morgan fingerprint density at radius 3 is 3.00 bits per heavy atom. The molecule has 0 aliphatic carbocycles. The second kappa shape index (κ2) is 5.28. The topological polar surface area (TPSA) is 81.1 Å². The van der Waals surface area contributed by atoms with Crippen molar-refractivity contribution in [1.29, 1.82) is 0 Å². The van der Waals surface area contributed by atoms with Gasteiger partial charge in [-0.3, -0.25) is 0 Å². The minimum Gasteiger partial charge on any atom is -0.368 e. The highest BCUT2D eigenvalue weighted by atomic mass is 16.5. The molecular formula is C13H16N6O. The Morgan fingerprint density at radius 2 is 2.25 bits per heavy atom. The fourth-order valence-electron chi connectivity index (χ4n) is 1.95. The van der Waals surface area contributed by atoms with Gasteiger partial charge < -0.3 is 9.84 Å². The zero-order valence-electron chi connectivity index (χ0n) is 11.4. The minimum atomic E-state index is 0.390. The van der Waals surface area contributed by atoms with Crippen molar-refractivity contribution in [2.45, 2.75) is 26.2 Å². The van der Waals surface area contributed by atoms with Crippen LogP contribution >= 0.6 is 0 Å². The highest BCUT2D eigenvalue weighted by molar-refractivity contribution is 5.67. The molecule has 0 aliphatic heterocycles. The summed E-state index contributed by atoms with van der Waals surface area (Å²) in [4.78, 5) is 8.34. The van der Waals surface area contributed by atoms with Crippen LogP contribution < -0.4 is 5.32 Å². The minimum absolute atomic E-state index is 0.390. The normalized spacial score (nSPS) is 11.3. The second-order valence-electron chi connectivity index (χ2n) is 4.84. The summed E-state index contributed by atoms with van der Waals surface area (Å²) in [5, 5.41) is 11.4. The molecule has 0 fully saturated rings. The third-order valence-electron chi connectivity index (χ3n) is 3.04. The molecule has 0 atom stereocenters. The number of anilines is 1. The fourth-order valence-corrected chi connectivity index (χ4v) is 1.95. The molecule has 3 rings (SSSR count). The van der Waals surface area contributed by atoms with Crippen LogP contribution in [-0.2, 0) is 6.42 Å². The van der Waals surface area contributed by atoms with Gasteiger partial charge in [-0.15, -0.1) is 0 Å². The summed E-state index contributed by atoms with van der Waals surface area (Å²) in [6, 6.07) is 2.06. The van der Waals surface area contributed by atoms with Crippen LogP contribution in [0.15, 0.2) is 29.3 Å². The van der Waals surface area contributed by atoms with Gasteiger partial charge in [-0.1, -0.05) is 19.0 Å². The van der Waals surface area contributed by atoms with Gasteiger partial charge in [0.15, 0.2) is 12.1 Å². The quantitative estimate of drug-likeness (QED) is 0.764. The maximum absolute atomic E-state index is 4.96.